The van der Waals surface area contributed by atoms with Gasteiger partial charge in [-0.3, -0.25) is 0 Å². The summed E-state index contributed by atoms with van der Waals surface area (Å²) in [5.41, 5.74) is -1.06. The highest BCUT2D eigenvalue weighted by Gasteiger charge is 2.44. The maximum atomic E-state index is 12.5. The van der Waals surface area contributed by atoms with Crippen LogP contribution in [-0.2, 0) is 4.79 Å². The fourth-order valence-corrected chi connectivity index (χ4v) is 3.78. The lowest BCUT2D eigenvalue weighted by atomic mass is 9.76. The molecule has 0 aromatic carbocycles. The van der Waals surface area contributed by atoms with E-state index in [0.717, 1.165) is 38.8 Å². The summed E-state index contributed by atoms with van der Waals surface area (Å²) in [5, 5.41) is 12.5. The summed E-state index contributed by atoms with van der Waals surface area (Å²) in [7, 11) is 0. The Morgan fingerprint density at radius 2 is 2.10 bits per heavy atom. The molecular formula is C16H28N2O3. The summed E-state index contributed by atoms with van der Waals surface area (Å²) < 4.78 is 0. The average molecular weight is 296 g/mol. The summed E-state index contributed by atoms with van der Waals surface area (Å²) in [6, 6.07) is -0.190. The standard InChI is InChI=1S/C16H28N2O3/c1-3-13-7-5-9-18(11-13)15(21)17-16(14(19)20)8-4-6-12(2)10-16/h12-13H,3-11H2,1-2H3,(H,17,21)(H,19,20). The molecule has 5 heteroatoms. The number of carbonyl (C=O) groups is 2. The van der Waals surface area contributed by atoms with E-state index in [4.69, 9.17) is 0 Å². The van der Waals surface area contributed by atoms with Gasteiger partial charge in [-0.2, -0.15) is 0 Å². The SMILES string of the molecule is CCC1CCCN(C(=O)NC2(C(=O)O)CCCC(C)C2)C1. The molecular weight excluding hydrogens is 268 g/mol. The molecule has 0 aromatic heterocycles. The summed E-state index contributed by atoms with van der Waals surface area (Å²) in [4.78, 5) is 26.0. The summed E-state index contributed by atoms with van der Waals surface area (Å²) >= 11 is 0. The number of likely N-dealkylation sites (tertiary alicyclic amines) is 1. The molecule has 0 radical (unpaired) electrons. The van der Waals surface area contributed by atoms with Crippen LogP contribution >= 0.6 is 0 Å². The molecule has 120 valence electrons. The van der Waals surface area contributed by atoms with Crippen molar-refractivity contribution >= 4 is 12.0 Å². The van der Waals surface area contributed by atoms with Crippen molar-refractivity contribution in [1.82, 2.24) is 10.2 Å². The molecule has 2 fully saturated rings. The van der Waals surface area contributed by atoms with Gasteiger partial charge < -0.3 is 15.3 Å². The molecule has 1 aliphatic carbocycles. The average Bonchev–Trinajstić information content (AvgIpc) is 2.47. The third kappa shape index (κ3) is 3.69. The molecule has 2 aliphatic rings. The lowest BCUT2D eigenvalue weighted by molar-refractivity contribution is -0.146. The number of nitrogens with zero attached hydrogens (tertiary/aromatic N) is 1. The Bertz CT molecular complexity index is 399. The normalized spacial score (nSPS) is 33.5. The van der Waals surface area contributed by atoms with E-state index in [1.807, 2.05) is 4.90 Å². The minimum Gasteiger partial charge on any atom is -0.480 e. The highest BCUT2D eigenvalue weighted by atomic mass is 16.4. The number of hydrogen-bond acceptors (Lipinski definition) is 2. The second-order valence-electron chi connectivity index (χ2n) is 6.88. The van der Waals surface area contributed by atoms with Crippen molar-refractivity contribution < 1.29 is 14.7 Å². The van der Waals surface area contributed by atoms with Gasteiger partial charge in [-0.15, -0.1) is 0 Å². The molecule has 1 aliphatic heterocycles. The number of carboxylic acids is 1. The van der Waals surface area contributed by atoms with E-state index in [1.165, 1.54) is 6.42 Å². The molecule has 2 rings (SSSR count). The predicted octanol–water partition coefficient (Wildman–Crippen LogP) is 2.85. The Morgan fingerprint density at radius 1 is 1.33 bits per heavy atom. The largest absolute Gasteiger partial charge is 0.480 e. The summed E-state index contributed by atoms with van der Waals surface area (Å²) in [6.07, 6.45) is 6.26. The van der Waals surface area contributed by atoms with Gasteiger partial charge in [0.15, 0.2) is 0 Å². The van der Waals surface area contributed by atoms with Crippen molar-refractivity contribution in [2.45, 2.75) is 64.3 Å². The van der Waals surface area contributed by atoms with Crippen molar-refractivity contribution in [2.24, 2.45) is 11.8 Å². The molecule has 1 saturated heterocycles. The van der Waals surface area contributed by atoms with Gasteiger partial charge >= 0.3 is 12.0 Å². The molecule has 3 unspecified atom stereocenters. The van der Waals surface area contributed by atoms with Crippen LogP contribution in [0.25, 0.3) is 0 Å². The van der Waals surface area contributed by atoms with Crippen LogP contribution in [0.15, 0.2) is 0 Å². The first-order valence-electron chi connectivity index (χ1n) is 8.27. The van der Waals surface area contributed by atoms with E-state index in [0.29, 0.717) is 24.7 Å². The second-order valence-corrected chi connectivity index (χ2v) is 6.88. The Balaban J connectivity index is 2.03. The van der Waals surface area contributed by atoms with Gasteiger partial charge in [0.05, 0.1) is 0 Å². The van der Waals surface area contributed by atoms with Crippen LogP contribution in [0.1, 0.15) is 58.8 Å². The van der Waals surface area contributed by atoms with Crippen molar-refractivity contribution in [1.29, 1.82) is 0 Å². The Kier molecular flexibility index (Phi) is 5.12. The monoisotopic (exact) mass is 296 g/mol. The lowest BCUT2D eigenvalue weighted by Gasteiger charge is -2.40. The summed E-state index contributed by atoms with van der Waals surface area (Å²) in [5.74, 6) is 0.0157. The molecule has 0 bridgehead atoms. The molecule has 0 spiro atoms. The van der Waals surface area contributed by atoms with Crippen LogP contribution in [0.3, 0.4) is 0 Å². The third-order valence-corrected chi connectivity index (χ3v) is 5.14. The minimum atomic E-state index is -1.06. The van der Waals surface area contributed by atoms with Gasteiger partial charge in [0.25, 0.3) is 0 Å². The van der Waals surface area contributed by atoms with Gasteiger partial charge in [-0.05, 0) is 37.5 Å². The summed E-state index contributed by atoms with van der Waals surface area (Å²) in [6.45, 7) is 5.71. The van der Waals surface area contributed by atoms with Crippen molar-refractivity contribution in [2.75, 3.05) is 13.1 Å². The highest BCUT2D eigenvalue weighted by molar-refractivity contribution is 5.86. The second kappa shape index (κ2) is 6.67. The van der Waals surface area contributed by atoms with Crippen molar-refractivity contribution in [3.8, 4) is 0 Å². The van der Waals surface area contributed by atoms with E-state index in [1.54, 1.807) is 0 Å². The minimum absolute atomic E-state index is 0.190. The first kappa shape index (κ1) is 16.1. The molecule has 1 heterocycles. The molecule has 5 nitrogen and oxygen atoms in total. The molecule has 2 N–H and O–H groups in total. The number of rotatable bonds is 3. The van der Waals surface area contributed by atoms with E-state index in [-0.39, 0.29) is 6.03 Å². The maximum absolute atomic E-state index is 12.5. The first-order chi connectivity index (χ1) is 9.97. The molecule has 1 saturated carbocycles. The quantitative estimate of drug-likeness (QED) is 0.841. The van der Waals surface area contributed by atoms with Gasteiger partial charge in [-0.25, -0.2) is 9.59 Å². The molecule has 2 amide bonds. The first-order valence-corrected chi connectivity index (χ1v) is 8.27. The van der Waals surface area contributed by atoms with E-state index < -0.39 is 11.5 Å². The number of urea groups is 1. The number of carbonyl (C=O) groups excluding carboxylic acids is 1. The highest BCUT2D eigenvalue weighted by Crippen LogP contribution is 2.33. The number of piperidine rings is 1. The van der Waals surface area contributed by atoms with Gasteiger partial charge in [0, 0.05) is 13.1 Å². The van der Waals surface area contributed by atoms with E-state index in [2.05, 4.69) is 19.2 Å². The van der Waals surface area contributed by atoms with Crippen LogP contribution in [0.5, 0.6) is 0 Å². The molecule has 21 heavy (non-hydrogen) atoms. The maximum Gasteiger partial charge on any atom is 0.329 e. The fourth-order valence-electron chi connectivity index (χ4n) is 3.78. The Hall–Kier alpha value is -1.26. The topological polar surface area (TPSA) is 69.6 Å². The van der Waals surface area contributed by atoms with Gasteiger partial charge in [-0.1, -0.05) is 33.1 Å². The number of hydrogen-bond donors (Lipinski definition) is 2. The number of nitrogens with one attached hydrogen (secondary N) is 1. The van der Waals surface area contributed by atoms with Crippen molar-refractivity contribution in [3.63, 3.8) is 0 Å². The number of carboxylic acid groups (broad SMARTS) is 1. The van der Waals surface area contributed by atoms with Gasteiger partial charge in [0.1, 0.15) is 5.54 Å². The van der Waals surface area contributed by atoms with Crippen LogP contribution in [-0.4, -0.2) is 40.6 Å². The van der Waals surface area contributed by atoms with Gasteiger partial charge in [0.2, 0.25) is 0 Å². The fraction of sp³-hybridized carbons (Fsp3) is 0.875. The Morgan fingerprint density at radius 3 is 2.71 bits per heavy atom. The number of aliphatic carboxylic acids is 1. The number of amides is 2. The predicted molar refractivity (Wildman–Crippen MR) is 81.1 cm³/mol. The molecule has 0 aromatic rings. The zero-order valence-corrected chi connectivity index (χ0v) is 13.2. The lowest BCUT2D eigenvalue weighted by Crippen LogP contribution is -2.60. The van der Waals surface area contributed by atoms with Crippen LogP contribution < -0.4 is 5.32 Å². The van der Waals surface area contributed by atoms with Crippen LogP contribution in [0, 0.1) is 11.8 Å². The van der Waals surface area contributed by atoms with Crippen LogP contribution in [0.2, 0.25) is 0 Å². The zero-order chi connectivity index (χ0) is 15.5. The third-order valence-electron chi connectivity index (χ3n) is 5.14. The van der Waals surface area contributed by atoms with Crippen molar-refractivity contribution in [3.05, 3.63) is 0 Å². The Labute approximate surface area is 127 Å². The smallest absolute Gasteiger partial charge is 0.329 e. The van der Waals surface area contributed by atoms with E-state index >= 15 is 0 Å². The molecule has 3 atom stereocenters. The van der Waals surface area contributed by atoms with E-state index in [9.17, 15) is 14.7 Å². The zero-order valence-electron chi connectivity index (χ0n) is 13.2. The van der Waals surface area contributed by atoms with Crippen LogP contribution in [0.4, 0.5) is 4.79 Å².